The van der Waals surface area contributed by atoms with Crippen molar-refractivity contribution < 1.29 is 0 Å². The third kappa shape index (κ3) is 2.79. The molecule has 5 heteroatoms. The van der Waals surface area contributed by atoms with Crippen molar-refractivity contribution in [3.8, 4) is 11.4 Å². The average molecular weight is 439 g/mol. The maximum atomic E-state index is 5.08. The predicted octanol–water partition coefficient (Wildman–Crippen LogP) is 4.91. The van der Waals surface area contributed by atoms with E-state index in [4.69, 9.17) is 4.98 Å². The zero-order valence-corrected chi connectivity index (χ0v) is 17.2. The first-order valence-electron chi connectivity index (χ1n) is 9.51. The van der Waals surface area contributed by atoms with Crippen molar-refractivity contribution in [2.75, 3.05) is 0 Å². The molecule has 4 aromatic carbocycles. The Kier molecular flexibility index (Phi) is 3.83. The summed E-state index contributed by atoms with van der Waals surface area (Å²) in [4.78, 5) is 5.08. The van der Waals surface area contributed by atoms with Crippen LogP contribution in [0.3, 0.4) is 0 Å². The van der Waals surface area contributed by atoms with E-state index in [0.29, 0.717) is 0 Å². The average Bonchev–Trinajstić information content (AvgIpc) is 3.39. The zero-order chi connectivity index (χ0) is 19.2. The van der Waals surface area contributed by atoms with Gasteiger partial charge in [-0.05, 0) is 0 Å². The third-order valence-electron chi connectivity index (χ3n) is 5.34. The van der Waals surface area contributed by atoms with E-state index in [0.717, 1.165) is 40.0 Å². The fourth-order valence-electron chi connectivity index (χ4n) is 3.91. The summed E-state index contributed by atoms with van der Waals surface area (Å²) in [7, 11) is 0. The quantitative estimate of drug-likeness (QED) is 0.368. The first kappa shape index (κ1) is 16.7. The van der Waals surface area contributed by atoms with Crippen LogP contribution in [0, 0.1) is 0 Å². The Bertz CT molecular complexity index is 1480. The molecule has 0 atom stereocenters. The summed E-state index contributed by atoms with van der Waals surface area (Å²) in [6.45, 7) is 0.764. The van der Waals surface area contributed by atoms with Crippen LogP contribution < -0.4 is 0 Å². The Morgan fingerprint density at radius 3 is 2.45 bits per heavy atom. The molecule has 138 valence electrons. The van der Waals surface area contributed by atoms with Gasteiger partial charge >= 0.3 is 174 Å². The molecule has 0 unspecified atom stereocenters. The zero-order valence-electron chi connectivity index (χ0n) is 15.5. The van der Waals surface area contributed by atoms with Crippen LogP contribution in [-0.4, -0.2) is 32.5 Å². The van der Waals surface area contributed by atoms with Crippen LogP contribution in [0.2, 0.25) is 0 Å². The van der Waals surface area contributed by atoms with Gasteiger partial charge in [-0.15, -0.1) is 0 Å². The molecule has 0 spiro atoms. The normalized spacial score (nSPS) is 11.6. The van der Waals surface area contributed by atoms with Gasteiger partial charge in [-0.1, -0.05) is 0 Å². The van der Waals surface area contributed by atoms with Crippen molar-refractivity contribution in [3.05, 3.63) is 90.5 Å². The number of fused-ring (bicyclic) bond motifs is 4. The van der Waals surface area contributed by atoms with Crippen molar-refractivity contribution >= 4 is 47.8 Å². The van der Waals surface area contributed by atoms with Crippen LogP contribution in [0.1, 0.15) is 5.56 Å². The van der Waals surface area contributed by atoms with E-state index in [1.165, 1.54) is 16.3 Å². The Hall–Kier alpha value is -3.27. The van der Waals surface area contributed by atoms with E-state index < -0.39 is 0 Å². The van der Waals surface area contributed by atoms with Gasteiger partial charge in [0, 0.05) is 0 Å². The molecule has 0 bridgehead atoms. The second-order valence-electron chi connectivity index (χ2n) is 7.13. The number of aromatic nitrogens is 4. The number of hydrogen-bond donors (Lipinski definition) is 0. The van der Waals surface area contributed by atoms with Crippen molar-refractivity contribution in [1.82, 2.24) is 17.5 Å². The molecule has 2 heterocycles. The minimum atomic E-state index is -0.0665. The van der Waals surface area contributed by atoms with E-state index in [9.17, 15) is 0 Å². The summed E-state index contributed by atoms with van der Waals surface area (Å²) in [5.74, 6) is 0.970. The molecule has 0 saturated carbocycles. The molecule has 0 aliphatic heterocycles. The van der Waals surface area contributed by atoms with Gasteiger partial charge in [0.05, 0.1) is 0 Å². The summed E-state index contributed by atoms with van der Waals surface area (Å²) < 4.78 is 11.5. The third-order valence-corrected chi connectivity index (χ3v) is 6.47. The number of benzene rings is 4. The van der Waals surface area contributed by atoms with Crippen molar-refractivity contribution in [2.45, 2.75) is 6.54 Å². The monoisotopic (exact) mass is 440 g/mol. The van der Waals surface area contributed by atoms with Gasteiger partial charge in [0.15, 0.2) is 0 Å². The van der Waals surface area contributed by atoms with E-state index in [2.05, 4.69) is 97.5 Å². The fourth-order valence-corrected chi connectivity index (χ4v) is 5.04. The van der Waals surface area contributed by atoms with Gasteiger partial charge in [0.1, 0.15) is 0 Å². The molecule has 6 aromatic rings. The first-order chi connectivity index (χ1) is 14.4. The molecule has 0 aliphatic carbocycles. The van der Waals surface area contributed by atoms with Gasteiger partial charge in [-0.3, -0.25) is 0 Å². The van der Waals surface area contributed by atoms with Crippen molar-refractivity contribution in [3.63, 3.8) is 0 Å². The van der Waals surface area contributed by atoms with Gasteiger partial charge in [-0.2, -0.15) is 0 Å². The van der Waals surface area contributed by atoms with E-state index in [-0.39, 0.29) is 15.0 Å². The Labute approximate surface area is 173 Å². The van der Waals surface area contributed by atoms with Gasteiger partial charge < -0.3 is 0 Å². The molecule has 0 radical (unpaired) electrons. The van der Waals surface area contributed by atoms with E-state index in [1.54, 1.807) is 0 Å². The second-order valence-corrected chi connectivity index (χ2v) is 8.24. The molecular weight excluding hydrogens is 423 g/mol. The number of imidazole rings is 1. The summed E-state index contributed by atoms with van der Waals surface area (Å²) in [6, 6.07) is 29.7. The van der Waals surface area contributed by atoms with Gasteiger partial charge in [0.25, 0.3) is 0 Å². The Morgan fingerprint density at radius 2 is 1.55 bits per heavy atom. The summed E-state index contributed by atoms with van der Waals surface area (Å²) in [5, 5.41) is 2.45. The minimum absolute atomic E-state index is 0.0665. The molecule has 2 aromatic heterocycles. The molecule has 0 saturated heterocycles. The standard InChI is InChI=1S/C24H16N4Se/c1-2-6-16(7-3-1)15-28-21-13-12-20-22(27-29-26-20)23(21)25-24(28)19-11-10-17-8-4-5-9-18(17)14-19/h1-14H,15H2. The van der Waals surface area contributed by atoms with Crippen LogP contribution in [-0.2, 0) is 6.54 Å². The summed E-state index contributed by atoms with van der Waals surface area (Å²) in [6.07, 6.45) is 0. The molecule has 0 N–H and O–H groups in total. The SMILES string of the molecule is c1ccc(Cn2c(-c3ccc4ccccc4c3)nc3c4n[se]nc4ccc32)cc1. The molecule has 4 nitrogen and oxygen atoms in total. The predicted molar refractivity (Wildman–Crippen MR) is 118 cm³/mol. The van der Waals surface area contributed by atoms with Crippen LogP contribution >= 0.6 is 0 Å². The molecule has 0 fully saturated rings. The van der Waals surface area contributed by atoms with E-state index >= 15 is 0 Å². The molecular formula is C24H16N4Se. The van der Waals surface area contributed by atoms with Crippen molar-refractivity contribution in [2.24, 2.45) is 0 Å². The van der Waals surface area contributed by atoms with Crippen molar-refractivity contribution in [1.29, 1.82) is 0 Å². The summed E-state index contributed by atoms with van der Waals surface area (Å²) in [5.41, 5.74) is 6.32. The maximum absolute atomic E-state index is 5.08. The van der Waals surface area contributed by atoms with Crippen LogP contribution in [0.15, 0.2) is 84.9 Å². The van der Waals surface area contributed by atoms with Gasteiger partial charge in [-0.25, -0.2) is 0 Å². The fraction of sp³-hybridized carbons (Fsp3) is 0.0417. The van der Waals surface area contributed by atoms with Crippen LogP contribution in [0.25, 0.3) is 44.2 Å². The van der Waals surface area contributed by atoms with Gasteiger partial charge in [0.2, 0.25) is 0 Å². The number of rotatable bonds is 3. The molecule has 0 aliphatic rings. The summed E-state index contributed by atoms with van der Waals surface area (Å²) >= 11 is -0.0665. The first-order valence-corrected chi connectivity index (χ1v) is 11.0. The topological polar surface area (TPSA) is 43.6 Å². The Morgan fingerprint density at radius 1 is 0.724 bits per heavy atom. The molecule has 0 amide bonds. The van der Waals surface area contributed by atoms with Crippen LogP contribution in [0.5, 0.6) is 0 Å². The molecule has 6 rings (SSSR count). The molecule has 29 heavy (non-hydrogen) atoms. The number of nitrogens with zero attached hydrogens (tertiary/aromatic N) is 4. The number of hydrogen-bond acceptors (Lipinski definition) is 3. The van der Waals surface area contributed by atoms with E-state index in [1.807, 2.05) is 0 Å². The second kappa shape index (κ2) is 6.66. The van der Waals surface area contributed by atoms with Crippen LogP contribution in [0.4, 0.5) is 0 Å². The Balaban J connectivity index is 1.63.